The van der Waals surface area contributed by atoms with Gasteiger partial charge in [-0.1, -0.05) is 19.9 Å². The third kappa shape index (κ3) is 4.03. The van der Waals surface area contributed by atoms with Gasteiger partial charge in [0.1, 0.15) is 23.2 Å². The van der Waals surface area contributed by atoms with Gasteiger partial charge in [-0.15, -0.1) is 0 Å². The van der Waals surface area contributed by atoms with Crippen molar-refractivity contribution in [2.45, 2.75) is 63.7 Å². The molecule has 3 rings (SSSR count). The Bertz CT molecular complexity index is 663. The Morgan fingerprint density at radius 3 is 2.23 bits per heavy atom. The average molecular weight is 365 g/mol. The lowest BCUT2D eigenvalue weighted by Gasteiger charge is -2.31. The largest absolute Gasteiger partial charge is 0.351 e. The molecule has 2 amide bonds. The molecule has 0 aliphatic carbocycles. The van der Waals surface area contributed by atoms with E-state index in [1.807, 2.05) is 0 Å². The average Bonchev–Trinajstić information content (AvgIpc) is 2.90. The first-order valence-electron chi connectivity index (χ1n) is 9.16. The van der Waals surface area contributed by atoms with Crippen LogP contribution in [0.1, 0.15) is 49.9 Å². The third-order valence-electron chi connectivity index (χ3n) is 5.25. The minimum absolute atomic E-state index is 0.0598. The van der Waals surface area contributed by atoms with Crippen molar-refractivity contribution in [3.8, 4) is 0 Å². The van der Waals surface area contributed by atoms with Crippen molar-refractivity contribution in [1.82, 2.24) is 16.0 Å². The standard InChI is InChI=1S/C19H25F2N3O2/c1-10(2)17(24-18(25)16-14(20)4-3-5-15(16)21)19(26)23-13-8-11-6-7-12(9-13)22-11/h3-5,10-13,17,22H,6-9H2,1-2H3,(H,23,26)(H,24,25). The zero-order valence-electron chi connectivity index (χ0n) is 15.0. The van der Waals surface area contributed by atoms with Crippen molar-refractivity contribution in [2.24, 2.45) is 5.92 Å². The first kappa shape index (κ1) is 18.8. The third-order valence-corrected chi connectivity index (χ3v) is 5.25. The molecule has 2 saturated heterocycles. The number of hydrogen-bond acceptors (Lipinski definition) is 3. The summed E-state index contributed by atoms with van der Waals surface area (Å²) in [5.74, 6) is -3.33. The number of rotatable bonds is 5. The molecular formula is C19H25F2N3O2. The fourth-order valence-corrected chi connectivity index (χ4v) is 3.93. The van der Waals surface area contributed by atoms with Gasteiger partial charge in [0.25, 0.3) is 5.91 Å². The summed E-state index contributed by atoms with van der Waals surface area (Å²) in [6, 6.07) is 3.30. The molecule has 5 nitrogen and oxygen atoms in total. The quantitative estimate of drug-likeness (QED) is 0.749. The number of carbonyl (C=O) groups is 2. The van der Waals surface area contributed by atoms with E-state index in [1.165, 1.54) is 6.07 Å². The molecular weight excluding hydrogens is 340 g/mol. The van der Waals surface area contributed by atoms with E-state index in [9.17, 15) is 18.4 Å². The summed E-state index contributed by atoms with van der Waals surface area (Å²) in [5, 5.41) is 9.01. The topological polar surface area (TPSA) is 70.2 Å². The molecule has 26 heavy (non-hydrogen) atoms. The fraction of sp³-hybridized carbons (Fsp3) is 0.579. The van der Waals surface area contributed by atoms with Gasteiger partial charge in [-0.2, -0.15) is 0 Å². The molecule has 3 unspecified atom stereocenters. The molecule has 3 atom stereocenters. The number of carbonyl (C=O) groups excluding carboxylic acids is 2. The van der Waals surface area contributed by atoms with E-state index in [-0.39, 0.29) is 17.9 Å². The van der Waals surface area contributed by atoms with Crippen LogP contribution < -0.4 is 16.0 Å². The molecule has 1 aromatic carbocycles. The summed E-state index contributed by atoms with van der Waals surface area (Å²) in [5.41, 5.74) is -0.661. The lowest BCUT2D eigenvalue weighted by atomic mass is 9.97. The van der Waals surface area contributed by atoms with Crippen LogP contribution in [0.25, 0.3) is 0 Å². The number of hydrogen-bond donors (Lipinski definition) is 3. The predicted octanol–water partition coefficient (Wildman–Crippen LogP) is 2.12. The van der Waals surface area contributed by atoms with E-state index in [2.05, 4.69) is 16.0 Å². The maximum absolute atomic E-state index is 13.8. The summed E-state index contributed by atoms with van der Waals surface area (Å²) >= 11 is 0. The molecule has 2 aliphatic heterocycles. The van der Waals surface area contributed by atoms with Crippen LogP contribution in [0.4, 0.5) is 8.78 Å². The van der Waals surface area contributed by atoms with Crippen LogP contribution in [-0.2, 0) is 4.79 Å². The van der Waals surface area contributed by atoms with Crippen LogP contribution in [-0.4, -0.2) is 36.0 Å². The van der Waals surface area contributed by atoms with Gasteiger partial charge in [0.2, 0.25) is 5.91 Å². The molecule has 2 aliphatic rings. The van der Waals surface area contributed by atoms with Crippen LogP contribution in [0, 0.1) is 17.6 Å². The van der Waals surface area contributed by atoms with Gasteiger partial charge in [-0.3, -0.25) is 9.59 Å². The van der Waals surface area contributed by atoms with E-state index < -0.39 is 29.1 Å². The number of nitrogens with one attached hydrogen (secondary N) is 3. The van der Waals surface area contributed by atoms with Crippen LogP contribution in [0.2, 0.25) is 0 Å². The Balaban J connectivity index is 1.66. The highest BCUT2D eigenvalue weighted by Crippen LogP contribution is 2.27. The van der Waals surface area contributed by atoms with Crippen molar-refractivity contribution >= 4 is 11.8 Å². The molecule has 2 heterocycles. The van der Waals surface area contributed by atoms with Crippen molar-refractivity contribution in [3.63, 3.8) is 0 Å². The Hall–Kier alpha value is -2.02. The number of amides is 2. The monoisotopic (exact) mass is 365 g/mol. The van der Waals surface area contributed by atoms with Crippen molar-refractivity contribution in [2.75, 3.05) is 0 Å². The van der Waals surface area contributed by atoms with E-state index in [0.29, 0.717) is 12.1 Å². The zero-order chi connectivity index (χ0) is 18.8. The van der Waals surface area contributed by atoms with Gasteiger partial charge < -0.3 is 16.0 Å². The van der Waals surface area contributed by atoms with Crippen molar-refractivity contribution in [1.29, 1.82) is 0 Å². The van der Waals surface area contributed by atoms with Gasteiger partial charge >= 0.3 is 0 Å². The molecule has 3 N–H and O–H groups in total. The highest BCUT2D eigenvalue weighted by molar-refractivity contribution is 5.98. The van der Waals surface area contributed by atoms with Gasteiger partial charge in [-0.25, -0.2) is 8.78 Å². The maximum Gasteiger partial charge on any atom is 0.257 e. The second-order valence-corrected chi connectivity index (χ2v) is 7.61. The van der Waals surface area contributed by atoms with E-state index in [4.69, 9.17) is 0 Å². The zero-order valence-corrected chi connectivity index (χ0v) is 15.0. The molecule has 0 radical (unpaired) electrons. The van der Waals surface area contributed by atoms with E-state index >= 15 is 0 Å². The summed E-state index contributed by atoms with van der Waals surface area (Å²) in [4.78, 5) is 25.0. The fourth-order valence-electron chi connectivity index (χ4n) is 3.93. The number of piperidine rings is 1. The Morgan fingerprint density at radius 2 is 1.69 bits per heavy atom. The molecule has 0 saturated carbocycles. The maximum atomic E-state index is 13.8. The molecule has 2 bridgehead atoms. The minimum atomic E-state index is -0.944. The van der Waals surface area contributed by atoms with E-state index in [1.54, 1.807) is 13.8 Å². The highest BCUT2D eigenvalue weighted by Gasteiger charge is 2.35. The summed E-state index contributed by atoms with van der Waals surface area (Å²) in [7, 11) is 0. The lowest BCUT2D eigenvalue weighted by Crippen LogP contribution is -2.55. The van der Waals surface area contributed by atoms with Crippen molar-refractivity contribution in [3.05, 3.63) is 35.4 Å². The second-order valence-electron chi connectivity index (χ2n) is 7.61. The van der Waals surface area contributed by atoms with Gasteiger partial charge in [0, 0.05) is 18.1 Å². The molecule has 7 heteroatoms. The lowest BCUT2D eigenvalue weighted by molar-refractivity contribution is -0.124. The Morgan fingerprint density at radius 1 is 1.12 bits per heavy atom. The number of fused-ring (bicyclic) bond motifs is 2. The summed E-state index contributed by atoms with van der Waals surface area (Å²) < 4.78 is 27.6. The SMILES string of the molecule is CC(C)C(NC(=O)c1c(F)cccc1F)C(=O)NC1CC2CCC(C1)N2. The van der Waals surface area contributed by atoms with Gasteiger partial charge in [-0.05, 0) is 43.7 Å². The molecule has 142 valence electrons. The smallest absolute Gasteiger partial charge is 0.257 e. The second kappa shape index (κ2) is 7.70. The van der Waals surface area contributed by atoms with Crippen LogP contribution >= 0.6 is 0 Å². The minimum Gasteiger partial charge on any atom is -0.351 e. The molecule has 0 spiro atoms. The molecule has 1 aromatic rings. The molecule has 0 aromatic heterocycles. The van der Waals surface area contributed by atoms with E-state index in [0.717, 1.165) is 37.8 Å². The highest BCUT2D eigenvalue weighted by atomic mass is 19.1. The normalized spacial score (nSPS) is 25.8. The first-order chi connectivity index (χ1) is 12.3. The number of halogens is 2. The molecule has 2 fully saturated rings. The van der Waals surface area contributed by atoms with Gasteiger partial charge in [0.05, 0.1) is 0 Å². The summed E-state index contributed by atoms with van der Waals surface area (Å²) in [6.45, 7) is 3.57. The van der Waals surface area contributed by atoms with Crippen LogP contribution in [0.3, 0.4) is 0 Å². The van der Waals surface area contributed by atoms with Crippen LogP contribution in [0.15, 0.2) is 18.2 Å². The van der Waals surface area contributed by atoms with Crippen LogP contribution in [0.5, 0.6) is 0 Å². The summed E-state index contributed by atoms with van der Waals surface area (Å²) in [6.07, 6.45) is 3.97. The predicted molar refractivity (Wildman–Crippen MR) is 93.6 cm³/mol. The number of benzene rings is 1. The van der Waals surface area contributed by atoms with Crippen molar-refractivity contribution < 1.29 is 18.4 Å². The van der Waals surface area contributed by atoms with Gasteiger partial charge in [0.15, 0.2) is 0 Å². The Kier molecular flexibility index (Phi) is 5.55. The Labute approximate surface area is 151 Å². The first-order valence-corrected chi connectivity index (χ1v) is 9.16.